The van der Waals surface area contributed by atoms with Crippen molar-refractivity contribution in [3.63, 3.8) is 0 Å². The van der Waals surface area contributed by atoms with E-state index in [0.29, 0.717) is 19.4 Å². The smallest absolute Gasteiger partial charge is 0.415 e. The Bertz CT molecular complexity index is 878. The number of amides is 2. The van der Waals surface area contributed by atoms with Crippen LogP contribution in [-0.2, 0) is 22.4 Å². The molecule has 27 heavy (non-hydrogen) atoms. The standard InChI is InChI=1S/C21H22N2O4/c1-13(25)22-12-20-19-11-17-10-16(6-7-18(17)23(19)21(26)27-20)15-4-2-14(3-5-15)8-9-24/h2-7,10,19-20,24H,8-9,11-12H2,1H3,(H,22,25)/t19-,20-/m0/s1. The summed E-state index contributed by atoms with van der Waals surface area (Å²) in [6, 6.07) is 14.2. The van der Waals surface area contributed by atoms with E-state index < -0.39 is 0 Å². The molecule has 2 amide bonds. The van der Waals surface area contributed by atoms with Crippen LogP contribution in [-0.4, -0.2) is 42.4 Å². The quantitative estimate of drug-likeness (QED) is 0.851. The Kier molecular flexibility index (Phi) is 4.58. The number of nitrogens with zero attached hydrogens (tertiary/aromatic N) is 1. The van der Waals surface area contributed by atoms with Crippen LogP contribution in [0.5, 0.6) is 0 Å². The number of aliphatic hydroxyl groups is 1. The summed E-state index contributed by atoms with van der Waals surface area (Å²) in [7, 11) is 0. The molecule has 0 unspecified atom stereocenters. The lowest BCUT2D eigenvalue weighted by Crippen LogP contribution is -2.40. The first-order valence-corrected chi connectivity index (χ1v) is 9.14. The van der Waals surface area contributed by atoms with Crippen molar-refractivity contribution >= 4 is 17.7 Å². The highest BCUT2D eigenvalue weighted by Crippen LogP contribution is 2.40. The van der Waals surface area contributed by atoms with Gasteiger partial charge in [0.15, 0.2) is 0 Å². The lowest BCUT2D eigenvalue weighted by molar-refractivity contribution is -0.119. The van der Waals surface area contributed by atoms with Crippen LogP contribution in [0, 0.1) is 0 Å². The van der Waals surface area contributed by atoms with Crippen LogP contribution in [0.1, 0.15) is 18.1 Å². The minimum Gasteiger partial charge on any atom is -0.442 e. The molecule has 0 spiro atoms. The Balaban J connectivity index is 1.56. The zero-order valence-electron chi connectivity index (χ0n) is 15.1. The average molecular weight is 366 g/mol. The van der Waals surface area contributed by atoms with E-state index in [9.17, 15) is 9.59 Å². The fourth-order valence-corrected chi connectivity index (χ4v) is 3.87. The van der Waals surface area contributed by atoms with Crippen molar-refractivity contribution in [2.24, 2.45) is 0 Å². The second-order valence-electron chi connectivity index (χ2n) is 7.01. The molecule has 4 rings (SSSR count). The van der Waals surface area contributed by atoms with Crippen molar-refractivity contribution in [1.82, 2.24) is 5.32 Å². The number of fused-ring (bicyclic) bond motifs is 3. The van der Waals surface area contributed by atoms with Crippen molar-refractivity contribution < 1.29 is 19.4 Å². The minimum atomic E-state index is -0.352. The fraction of sp³-hybridized carbons (Fsp3) is 0.333. The maximum absolute atomic E-state index is 12.3. The van der Waals surface area contributed by atoms with E-state index in [1.165, 1.54) is 6.92 Å². The van der Waals surface area contributed by atoms with Crippen molar-refractivity contribution in [1.29, 1.82) is 0 Å². The zero-order chi connectivity index (χ0) is 19.0. The molecule has 2 aromatic carbocycles. The summed E-state index contributed by atoms with van der Waals surface area (Å²) >= 11 is 0. The second kappa shape index (κ2) is 7.04. The zero-order valence-corrected chi connectivity index (χ0v) is 15.1. The molecule has 2 aliphatic heterocycles. The van der Waals surface area contributed by atoms with Gasteiger partial charge in [0.1, 0.15) is 6.10 Å². The molecule has 0 aliphatic carbocycles. The third-order valence-corrected chi connectivity index (χ3v) is 5.22. The SMILES string of the molecule is CC(=O)NC[C@@H]1OC(=O)N2c3ccc(-c4ccc(CCO)cc4)cc3C[C@@H]12. The van der Waals surface area contributed by atoms with Gasteiger partial charge in [-0.25, -0.2) is 4.79 Å². The largest absolute Gasteiger partial charge is 0.442 e. The first kappa shape index (κ1) is 17.5. The van der Waals surface area contributed by atoms with E-state index in [2.05, 4.69) is 23.5 Å². The molecule has 140 valence electrons. The molecule has 0 aromatic heterocycles. The number of cyclic esters (lactones) is 1. The van der Waals surface area contributed by atoms with Crippen LogP contribution in [0.4, 0.5) is 10.5 Å². The number of hydrogen-bond donors (Lipinski definition) is 2. The molecular weight excluding hydrogens is 344 g/mol. The van der Waals surface area contributed by atoms with Gasteiger partial charge in [-0.2, -0.15) is 0 Å². The molecule has 0 radical (unpaired) electrons. The Morgan fingerprint density at radius 3 is 2.67 bits per heavy atom. The van der Waals surface area contributed by atoms with Crippen LogP contribution >= 0.6 is 0 Å². The number of carbonyl (C=O) groups excluding carboxylic acids is 2. The predicted octanol–water partition coefficient (Wildman–Crippen LogP) is 2.27. The summed E-state index contributed by atoms with van der Waals surface area (Å²) in [4.78, 5) is 25.2. The van der Waals surface area contributed by atoms with Crippen LogP contribution in [0.15, 0.2) is 42.5 Å². The second-order valence-corrected chi connectivity index (χ2v) is 7.01. The minimum absolute atomic E-state index is 0.0819. The van der Waals surface area contributed by atoms with E-state index in [4.69, 9.17) is 9.84 Å². The Morgan fingerprint density at radius 2 is 1.96 bits per heavy atom. The van der Waals surface area contributed by atoms with Gasteiger partial charge in [0.2, 0.25) is 5.91 Å². The van der Waals surface area contributed by atoms with Crippen molar-refractivity contribution in [2.75, 3.05) is 18.1 Å². The summed E-state index contributed by atoms with van der Waals surface area (Å²) < 4.78 is 5.44. The highest BCUT2D eigenvalue weighted by molar-refractivity contribution is 5.94. The number of ether oxygens (including phenoxy) is 1. The Labute approximate surface area is 157 Å². The van der Waals surface area contributed by atoms with Gasteiger partial charge in [-0.05, 0) is 47.2 Å². The normalized spacial score (nSPS) is 20.2. The van der Waals surface area contributed by atoms with Crippen molar-refractivity contribution in [3.8, 4) is 11.1 Å². The van der Waals surface area contributed by atoms with Gasteiger partial charge in [-0.15, -0.1) is 0 Å². The summed E-state index contributed by atoms with van der Waals surface area (Å²) in [6.07, 6.45) is 0.672. The summed E-state index contributed by atoms with van der Waals surface area (Å²) in [5, 5.41) is 11.8. The number of carbonyl (C=O) groups is 2. The molecule has 1 saturated heterocycles. The molecule has 6 nitrogen and oxygen atoms in total. The van der Waals surface area contributed by atoms with E-state index >= 15 is 0 Å². The molecule has 2 heterocycles. The van der Waals surface area contributed by atoms with Crippen LogP contribution in [0.2, 0.25) is 0 Å². The molecule has 0 saturated carbocycles. The Hall–Kier alpha value is -2.86. The van der Waals surface area contributed by atoms with Crippen molar-refractivity contribution in [2.45, 2.75) is 31.9 Å². The molecule has 1 fully saturated rings. The van der Waals surface area contributed by atoms with Crippen LogP contribution in [0.3, 0.4) is 0 Å². The van der Waals surface area contributed by atoms with Gasteiger partial charge < -0.3 is 15.2 Å². The maximum atomic E-state index is 12.3. The average Bonchev–Trinajstić information content (AvgIpc) is 3.18. The first-order chi connectivity index (χ1) is 13.1. The molecule has 6 heteroatoms. The number of hydrogen-bond acceptors (Lipinski definition) is 4. The van der Waals surface area contributed by atoms with E-state index in [0.717, 1.165) is 27.9 Å². The number of aliphatic hydroxyl groups excluding tert-OH is 1. The topological polar surface area (TPSA) is 78.9 Å². The third-order valence-electron chi connectivity index (χ3n) is 5.22. The number of rotatable bonds is 5. The molecule has 2 aromatic rings. The van der Waals surface area contributed by atoms with Crippen molar-refractivity contribution in [3.05, 3.63) is 53.6 Å². The monoisotopic (exact) mass is 366 g/mol. The molecule has 2 aliphatic rings. The van der Waals surface area contributed by atoms with Gasteiger partial charge >= 0.3 is 6.09 Å². The molecular formula is C21H22N2O4. The van der Waals surface area contributed by atoms with Gasteiger partial charge in [0, 0.05) is 13.5 Å². The lowest BCUT2D eigenvalue weighted by Gasteiger charge is -2.16. The highest BCUT2D eigenvalue weighted by Gasteiger charge is 2.47. The highest BCUT2D eigenvalue weighted by atomic mass is 16.6. The predicted molar refractivity (Wildman–Crippen MR) is 102 cm³/mol. The van der Waals surface area contributed by atoms with E-state index in [1.807, 2.05) is 24.3 Å². The number of anilines is 1. The first-order valence-electron chi connectivity index (χ1n) is 9.14. The van der Waals surface area contributed by atoms with Gasteiger partial charge in [0.05, 0.1) is 18.3 Å². The van der Waals surface area contributed by atoms with E-state index in [-0.39, 0.29) is 30.8 Å². The molecule has 0 bridgehead atoms. The van der Waals surface area contributed by atoms with Gasteiger partial charge in [-0.1, -0.05) is 30.3 Å². The summed E-state index contributed by atoms with van der Waals surface area (Å²) in [6.45, 7) is 1.93. The molecule has 2 atom stereocenters. The number of benzene rings is 2. The summed E-state index contributed by atoms with van der Waals surface area (Å²) in [5.74, 6) is -0.132. The lowest BCUT2D eigenvalue weighted by atomic mass is 9.99. The van der Waals surface area contributed by atoms with Gasteiger partial charge in [0.25, 0.3) is 0 Å². The maximum Gasteiger partial charge on any atom is 0.415 e. The summed E-state index contributed by atoms with van der Waals surface area (Å²) in [5.41, 5.74) is 5.30. The van der Waals surface area contributed by atoms with Crippen LogP contribution < -0.4 is 10.2 Å². The third kappa shape index (κ3) is 3.28. The number of nitrogens with one attached hydrogen (secondary N) is 1. The van der Waals surface area contributed by atoms with Crippen LogP contribution in [0.25, 0.3) is 11.1 Å². The van der Waals surface area contributed by atoms with Gasteiger partial charge in [-0.3, -0.25) is 9.69 Å². The molecule has 2 N–H and O–H groups in total. The van der Waals surface area contributed by atoms with E-state index in [1.54, 1.807) is 4.90 Å². The fourth-order valence-electron chi connectivity index (χ4n) is 3.87. The Morgan fingerprint density at radius 1 is 1.22 bits per heavy atom.